The van der Waals surface area contributed by atoms with Crippen LogP contribution in [0.3, 0.4) is 0 Å². The van der Waals surface area contributed by atoms with Gasteiger partial charge in [-0.25, -0.2) is 9.50 Å². The quantitative estimate of drug-likeness (QED) is 0.595. The van der Waals surface area contributed by atoms with Gasteiger partial charge in [0.1, 0.15) is 5.56 Å². The van der Waals surface area contributed by atoms with Gasteiger partial charge in [-0.3, -0.25) is 4.79 Å². The Balaban J connectivity index is 1.37. The van der Waals surface area contributed by atoms with E-state index in [0.717, 1.165) is 31.6 Å². The predicted octanol–water partition coefficient (Wildman–Crippen LogP) is 3.54. The Bertz CT molecular complexity index is 1130. The Morgan fingerprint density at radius 2 is 2.00 bits per heavy atom. The number of amides is 1. The van der Waals surface area contributed by atoms with Gasteiger partial charge in [0.05, 0.1) is 5.69 Å². The second kappa shape index (κ2) is 6.23. The van der Waals surface area contributed by atoms with E-state index in [0.29, 0.717) is 17.1 Å². The van der Waals surface area contributed by atoms with E-state index in [1.165, 1.54) is 16.5 Å². The summed E-state index contributed by atoms with van der Waals surface area (Å²) in [5.41, 5.74) is 4.54. The van der Waals surface area contributed by atoms with E-state index in [-0.39, 0.29) is 5.91 Å². The normalized spacial score (nSPS) is 15.7. The Morgan fingerprint density at radius 3 is 2.85 bits per heavy atom. The summed E-state index contributed by atoms with van der Waals surface area (Å²) in [6.45, 7) is 3.39. The van der Waals surface area contributed by atoms with Crippen LogP contribution in [0.15, 0.2) is 48.9 Å². The predicted molar refractivity (Wildman–Crippen MR) is 104 cm³/mol. The van der Waals surface area contributed by atoms with Crippen molar-refractivity contribution in [3.8, 4) is 0 Å². The second-order valence-corrected chi connectivity index (χ2v) is 7.20. The third-order valence-electron chi connectivity index (χ3n) is 5.63. The third-order valence-corrected chi connectivity index (χ3v) is 5.63. The number of hydrogen-bond acceptors (Lipinski definition) is 3. The highest BCUT2D eigenvalue weighted by Gasteiger charge is 2.29. The maximum absolute atomic E-state index is 13.1. The van der Waals surface area contributed by atoms with E-state index < -0.39 is 0 Å². The Labute approximate surface area is 156 Å². The smallest absolute Gasteiger partial charge is 0.259 e. The summed E-state index contributed by atoms with van der Waals surface area (Å²) >= 11 is 0. The van der Waals surface area contributed by atoms with Gasteiger partial charge < -0.3 is 9.88 Å². The highest BCUT2D eigenvalue weighted by molar-refractivity contribution is 6.01. The topological polar surface area (TPSA) is 66.3 Å². The minimum absolute atomic E-state index is 0.0403. The van der Waals surface area contributed by atoms with Crippen molar-refractivity contribution < 1.29 is 4.79 Å². The van der Waals surface area contributed by atoms with Gasteiger partial charge in [-0.2, -0.15) is 5.10 Å². The van der Waals surface area contributed by atoms with Gasteiger partial charge in [0.25, 0.3) is 5.91 Å². The van der Waals surface area contributed by atoms with Crippen molar-refractivity contribution >= 4 is 22.5 Å². The first kappa shape index (κ1) is 16.1. The van der Waals surface area contributed by atoms with Crippen LogP contribution in [0.2, 0.25) is 0 Å². The molecule has 1 N–H and O–H groups in total. The van der Waals surface area contributed by atoms with E-state index in [1.54, 1.807) is 10.7 Å². The van der Waals surface area contributed by atoms with Crippen molar-refractivity contribution in [2.24, 2.45) is 0 Å². The molecular formula is C21H21N5O. The standard InChI is InChI=1S/C21H21N5O/c1-14-19(20-22-9-4-10-26(20)24-14)21(27)25-11-7-15(8-12-25)17-13-23-18-6-3-2-5-16(17)18/h2-6,9-10,13,15,23H,7-8,11-12H2,1H3. The molecule has 6 heteroatoms. The number of carbonyl (C=O) groups excluding carboxylic acids is 1. The SMILES string of the molecule is Cc1nn2cccnc2c1C(=O)N1CCC(c2c[nH]c3ccccc23)CC1. The van der Waals surface area contributed by atoms with Crippen LogP contribution in [-0.4, -0.2) is 43.5 Å². The number of aryl methyl sites for hydroxylation is 1. The number of hydrogen-bond donors (Lipinski definition) is 1. The fourth-order valence-corrected chi connectivity index (χ4v) is 4.23. The molecule has 1 aliphatic heterocycles. The molecular weight excluding hydrogens is 338 g/mol. The summed E-state index contributed by atoms with van der Waals surface area (Å²) in [4.78, 5) is 22.8. The molecule has 1 aromatic carbocycles. The molecule has 0 atom stereocenters. The van der Waals surface area contributed by atoms with Crippen molar-refractivity contribution in [3.05, 3.63) is 65.7 Å². The maximum Gasteiger partial charge on any atom is 0.259 e. The van der Waals surface area contributed by atoms with E-state index >= 15 is 0 Å². The molecule has 136 valence electrons. The molecule has 1 aliphatic rings. The largest absolute Gasteiger partial charge is 0.361 e. The third kappa shape index (κ3) is 2.60. The molecule has 1 amide bonds. The molecule has 3 aromatic heterocycles. The molecule has 4 aromatic rings. The number of aromatic nitrogens is 4. The van der Waals surface area contributed by atoms with Crippen LogP contribution < -0.4 is 0 Å². The van der Waals surface area contributed by atoms with E-state index in [1.807, 2.05) is 24.1 Å². The highest BCUT2D eigenvalue weighted by atomic mass is 16.2. The zero-order chi connectivity index (χ0) is 18.4. The number of nitrogens with zero attached hydrogens (tertiary/aromatic N) is 4. The van der Waals surface area contributed by atoms with Crippen LogP contribution >= 0.6 is 0 Å². The number of nitrogens with one attached hydrogen (secondary N) is 1. The number of para-hydroxylation sites is 1. The van der Waals surface area contributed by atoms with Crippen molar-refractivity contribution in [1.82, 2.24) is 24.5 Å². The molecule has 0 radical (unpaired) electrons. The van der Waals surface area contributed by atoms with Gasteiger partial charge in [-0.15, -0.1) is 0 Å². The molecule has 4 heterocycles. The number of rotatable bonds is 2. The zero-order valence-electron chi connectivity index (χ0n) is 15.2. The molecule has 5 rings (SSSR count). The molecule has 0 bridgehead atoms. The average molecular weight is 359 g/mol. The van der Waals surface area contributed by atoms with Crippen LogP contribution in [0.5, 0.6) is 0 Å². The lowest BCUT2D eigenvalue weighted by Gasteiger charge is -2.32. The molecule has 6 nitrogen and oxygen atoms in total. The van der Waals surface area contributed by atoms with Crippen LogP contribution in [0.1, 0.15) is 40.4 Å². The van der Waals surface area contributed by atoms with E-state index in [9.17, 15) is 4.79 Å². The van der Waals surface area contributed by atoms with Gasteiger partial charge in [-0.05, 0) is 43.4 Å². The summed E-state index contributed by atoms with van der Waals surface area (Å²) in [5, 5.41) is 5.72. The number of likely N-dealkylation sites (tertiary alicyclic amines) is 1. The Kier molecular flexibility index (Phi) is 3.70. The minimum Gasteiger partial charge on any atom is -0.361 e. The molecule has 27 heavy (non-hydrogen) atoms. The molecule has 0 saturated carbocycles. The molecule has 0 aliphatic carbocycles. The summed E-state index contributed by atoms with van der Waals surface area (Å²) in [5.74, 6) is 0.520. The number of aromatic amines is 1. The summed E-state index contributed by atoms with van der Waals surface area (Å²) < 4.78 is 1.68. The fraction of sp³-hybridized carbons (Fsp3) is 0.286. The lowest BCUT2D eigenvalue weighted by atomic mass is 9.89. The minimum atomic E-state index is 0.0403. The van der Waals surface area contributed by atoms with Gasteiger partial charge in [0.2, 0.25) is 0 Å². The first-order valence-corrected chi connectivity index (χ1v) is 9.37. The van der Waals surface area contributed by atoms with Crippen LogP contribution in [0, 0.1) is 6.92 Å². The Morgan fingerprint density at radius 1 is 1.19 bits per heavy atom. The van der Waals surface area contributed by atoms with Crippen molar-refractivity contribution in [1.29, 1.82) is 0 Å². The summed E-state index contributed by atoms with van der Waals surface area (Å²) in [6, 6.07) is 10.2. The summed E-state index contributed by atoms with van der Waals surface area (Å²) in [6.07, 6.45) is 7.61. The Hall–Kier alpha value is -3.15. The highest BCUT2D eigenvalue weighted by Crippen LogP contribution is 2.33. The average Bonchev–Trinajstić information content (AvgIpc) is 3.28. The van der Waals surface area contributed by atoms with Crippen molar-refractivity contribution in [2.75, 3.05) is 13.1 Å². The van der Waals surface area contributed by atoms with Gasteiger partial charge in [0, 0.05) is 42.6 Å². The van der Waals surface area contributed by atoms with Gasteiger partial charge >= 0.3 is 0 Å². The number of benzene rings is 1. The number of carbonyl (C=O) groups is 1. The molecule has 0 spiro atoms. The molecule has 0 unspecified atom stereocenters. The fourth-order valence-electron chi connectivity index (χ4n) is 4.23. The van der Waals surface area contributed by atoms with Crippen LogP contribution in [0.25, 0.3) is 16.6 Å². The number of fused-ring (bicyclic) bond motifs is 2. The zero-order valence-corrected chi connectivity index (χ0v) is 15.2. The monoisotopic (exact) mass is 359 g/mol. The van der Waals surface area contributed by atoms with Gasteiger partial charge in [0.15, 0.2) is 5.65 Å². The molecule has 1 fully saturated rings. The maximum atomic E-state index is 13.1. The van der Waals surface area contributed by atoms with Crippen molar-refractivity contribution in [3.63, 3.8) is 0 Å². The summed E-state index contributed by atoms with van der Waals surface area (Å²) in [7, 11) is 0. The van der Waals surface area contributed by atoms with E-state index in [4.69, 9.17) is 0 Å². The first-order valence-electron chi connectivity index (χ1n) is 9.37. The van der Waals surface area contributed by atoms with Crippen LogP contribution in [0.4, 0.5) is 0 Å². The first-order chi connectivity index (χ1) is 13.2. The lowest BCUT2D eigenvalue weighted by Crippen LogP contribution is -2.38. The number of H-pyrrole nitrogens is 1. The number of piperidine rings is 1. The van der Waals surface area contributed by atoms with Crippen LogP contribution in [-0.2, 0) is 0 Å². The van der Waals surface area contributed by atoms with Gasteiger partial charge in [-0.1, -0.05) is 18.2 Å². The molecule has 1 saturated heterocycles. The lowest BCUT2D eigenvalue weighted by molar-refractivity contribution is 0.0714. The second-order valence-electron chi connectivity index (χ2n) is 7.20. The van der Waals surface area contributed by atoms with Crippen molar-refractivity contribution in [2.45, 2.75) is 25.7 Å². The van der Waals surface area contributed by atoms with E-state index in [2.05, 4.69) is 45.5 Å².